The summed E-state index contributed by atoms with van der Waals surface area (Å²) in [5.41, 5.74) is 0. The fraction of sp³-hybridized carbons (Fsp3) is 0.703. The summed E-state index contributed by atoms with van der Waals surface area (Å²) in [5.74, 6) is -0.804. The van der Waals surface area contributed by atoms with Crippen LogP contribution in [0.15, 0.2) is 122 Å². The molecule has 0 aliphatic carbocycles. The van der Waals surface area contributed by atoms with Gasteiger partial charge < -0.3 is 18.9 Å². The number of carbonyl (C=O) groups is 2. The lowest BCUT2D eigenvalue weighted by atomic mass is 10.0. The Morgan fingerprint density at radius 2 is 0.679 bits per heavy atom. The van der Waals surface area contributed by atoms with Gasteiger partial charge in [-0.2, -0.15) is 0 Å². The largest absolute Gasteiger partial charge is 0.472 e. The number of allylic oxidation sites excluding steroid dienone is 20. The second-order valence-corrected chi connectivity index (χ2v) is 25.3. The molecule has 0 amide bonds. The van der Waals surface area contributed by atoms with Crippen molar-refractivity contribution in [3.63, 3.8) is 0 Å². The quantitative estimate of drug-likeness (QED) is 0.0211. The number of hydrogen-bond donors (Lipinski definition) is 1. The highest BCUT2D eigenvalue weighted by molar-refractivity contribution is 7.47. The van der Waals surface area contributed by atoms with Gasteiger partial charge >= 0.3 is 19.8 Å². The Kier molecular flexibility index (Phi) is 61.2. The van der Waals surface area contributed by atoms with Crippen LogP contribution in [-0.4, -0.2) is 74.9 Å². The summed E-state index contributed by atoms with van der Waals surface area (Å²) in [6.45, 7) is 4.33. The van der Waals surface area contributed by atoms with Gasteiger partial charge in [-0.25, -0.2) is 4.57 Å². The van der Waals surface area contributed by atoms with E-state index in [1.54, 1.807) is 0 Å². The van der Waals surface area contributed by atoms with Gasteiger partial charge in [0.2, 0.25) is 0 Å². The van der Waals surface area contributed by atoms with Gasteiger partial charge in [-0.15, -0.1) is 0 Å². The molecular formula is C74H129NO8P+. The van der Waals surface area contributed by atoms with Crippen molar-refractivity contribution in [1.29, 1.82) is 0 Å². The molecular weight excluding hydrogens is 1060 g/mol. The monoisotopic (exact) mass is 1190 g/mol. The maximum Gasteiger partial charge on any atom is 0.472 e. The van der Waals surface area contributed by atoms with Gasteiger partial charge in [0, 0.05) is 12.8 Å². The molecule has 2 unspecified atom stereocenters. The van der Waals surface area contributed by atoms with Crippen LogP contribution in [-0.2, 0) is 32.7 Å². The van der Waals surface area contributed by atoms with E-state index in [4.69, 9.17) is 18.5 Å². The van der Waals surface area contributed by atoms with Crippen LogP contribution >= 0.6 is 7.82 Å². The smallest absolute Gasteiger partial charge is 0.462 e. The molecule has 0 heterocycles. The third-order valence-corrected chi connectivity index (χ3v) is 15.5. The van der Waals surface area contributed by atoms with Crippen LogP contribution in [0.2, 0.25) is 0 Å². The second-order valence-electron chi connectivity index (χ2n) is 23.8. The molecule has 2 atom stereocenters. The first-order chi connectivity index (χ1) is 41.0. The summed E-state index contributed by atoms with van der Waals surface area (Å²) in [6, 6.07) is 0. The minimum atomic E-state index is -4.40. The topological polar surface area (TPSA) is 108 Å². The standard InChI is InChI=1S/C74H128NO8P/c1-6-8-10-12-14-16-18-20-22-24-26-28-30-31-32-33-34-35-36-37-38-39-40-41-42-43-45-47-49-51-53-55-57-59-61-63-65-67-74(77)83-72(71-82-84(78,79)81-69-68-75(3,4)5)70-80-73(76)66-64-62-60-58-56-54-52-50-48-46-44-29-27-25-23-21-19-17-15-13-11-9-7-2/h8,10,14,16,20,22,25-28,31-32,34-35,37-38,40-41,43,45,72H,6-7,9,11-13,15,17-19,21,23-24,29-30,33,36,39,42,44,46-71H2,1-5H3/p+1/b10-8-,16-14-,22-20-,27-25-,28-26-,32-31-,35-34-,38-37-,41-40-,45-43-. The van der Waals surface area contributed by atoms with Crippen LogP contribution < -0.4 is 0 Å². The molecule has 0 saturated heterocycles. The number of esters is 2. The Labute approximate surface area is 518 Å². The molecule has 0 fully saturated rings. The molecule has 9 nitrogen and oxygen atoms in total. The molecule has 0 aliphatic heterocycles. The Morgan fingerprint density at radius 3 is 1.02 bits per heavy atom. The van der Waals surface area contributed by atoms with E-state index in [1.807, 2.05) is 21.1 Å². The first-order valence-corrected chi connectivity index (χ1v) is 35.8. The van der Waals surface area contributed by atoms with E-state index >= 15 is 0 Å². The van der Waals surface area contributed by atoms with Crippen molar-refractivity contribution in [2.24, 2.45) is 0 Å². The van der Waals surface area contributed by atoms with Crippen molar-refractivity contribution < 1.29 is 42.1 Å². The number of phosphoric acid groups is 1. The minimum Gasteiger partial charge on any atom is -0.462 e. The Bertz CT molecular complexity index is 1830. The first-order valence-electron chi connectivity index (χ1n) is 34.3. The SMILES string of the molecule is CC/C=C\C/C=C\C/C=C\C/C=C\C/C=C\C/C=C\C/C=C\C/C=C\C/C=C\CCCCCCCCCCCC(=O)OC(COC(=O)CCCCCCCCCCCCC/C=C\CCCCCCCCCC)COP(=O)(O)OCC[N+](C)(C)C. The molecule has 10 heteroatoms. The molecule has 0 radical (unpaired) electrons. The molecule has 0 aromatic heterocycles. The molecule has 0 spiro atoms. The summed E-state index contributed by atoms with van der Waals surface area (Å²) in [5, 5.41) is 0. The lowest BCUT2D eigenvalue weighted by molar-refractivity contribution is -0.870. The molecule has 0 saturated carbocycles. The number of likely N-dealkylation sites (N-methyl/N-ethyl adjacent to an activating group) is 1. The molecule has 0 rings (SSSR count). The van der Waals surface area contributed by atoms with Crippen LogP contribution in [0.5, 0.6) is 0 Å². The van der Waals surface area contributed by atoms with Crippen LogP contribution in [0.3, 0.4) is 0 Å². The van der Waals surface area contributed by atoms with Crippen molar-refractivity contribution in [3.8, 4) is 0 Å². The number of hydrogen-bond acceptors (Lipinski definition) is 7. The van der Waals surface area contributed by atoms with Gasteiger partial charge in [0.1, 0.15) is 19.8 Å². The predicted molar refractivity (Wildman–Crippen MR) is 362 cm³/mol. The van der Waals surface area contributed by atoms with Gasteiger partial charge in [-0.05, 0) is 109 Å². The van der Waals surface area contributed by atoms with Crippen molar-refractivity contribution >= 4 is 19.8 Å². The van der Waals surface area contributed by atoms with E-state index in [-0.39, 0.29) is 32.0 Å². The van der Waals surface area contributed by atoms with Crippen molar-refractivity contribution in [2.75, 3.05) is 47.5 Å². The number of rotatable bonds is 62. The van der Waals surface area contributed by atoms with Crippen LogP contribution in [0.1, 0.15) is 284 Å². The molecule has 1 N–H and O–H groups in total. The summed E-state index contributed by atoms with van der Waals surface area (Å²) in [4.78, 5) is 35.8. The van der Waals surface area contributed by atoms with E-state index in [1.165, 1.54) is 148 Å². The van der Waals surface area contributed by atoms with E-state index in [0.29, 0.717) is 17.4 Å². The fourth-order valence-corrected chi connectivity index (χ4v) is 9.98. The maximum absolute atomic E-state index is 12.9. The Morgan fingerprint density at radius 1 is 0.381 bits per heavy atom. The third kappa shape index (κ3) is 67.5. The van der Waals surface area contributed by atoms with Gasteiger partial charge in [0.15, 0.2) is 6.10 Å². The van der Waals surface area contributed by atoms with Crippen molar-refractivity contribution in [2.45, 2.75) is 290 Å². The highest BCUT2D eigenvalue weighted by Crippen LogP contribution is 2.43. The molecule has 0 aliphatic rings. The van der Waals surface area contributed by atoms with E-state index in [2.05, 4.69) is 135 Å². The molecule has 0 bridgehead atoms. The zero-order valence-corrected chi connectivity index (χ0v) is 55.7. The zero-order chi connectivity index (χ0) is 61.2. The average molecular weight is 1190 g/mol. The van der Waals surface area contributed by atoms with Crippen molar-refractivity contribution in [1.82, 2.24) is 0 Å². The number of ether oxygens (including phenoxy) is 2. The second kappa shape index (κ2) is 63.9. The number of quaternary nitrogens is 1. The number of phosphoric ester groups is 1. The lowest BCUT2D eigenvalue weighted by Gasteiger charge is -2.24. The highest BCUT2D eigenvalue weighted by atomic mass is 31.2. The van der Waals surface area contributed by atoms with E-state index < -0.39 is 26.5 Å². The molecule has 0 aromatic carbocycles. The highest BCUT2D eigenvalue weighted by Gasteiger charge is 2.27. The minimum absolute atomic E-state index is 0.0257. The maximum atomic E-state index is 12.9. The fourth-order valence-electron chi connectivity index (χ4n) is 9.24. The van der Waals surface area contributed by atoms with Gasteiger partial charge in [-0.3, -0.25) is 18.6 Å². The Balaban J connectivity index is 4.12. The van der Waals surface area contributed by atoms with E-state index in [0.717, 1.165) is 103 Å². The first kappa shape index (κ1) is 80.4. The van der Waals surface area contributed by atoms with E-state index in [9.17, 15) is 19.0 Å². The lowest BCUT2D eigenvalue weighted by Crippen LogP contribution is -2.37. The number of nitrogens with zero attached hydrogens (tertiary/aromatic N) is 1. The average Bonchev–Trinajstić information content (AvgIpc) is 3.61. The van der Waals surface area contributed by atoms with Crippen LogP contribution in [0.4, 0.5) is 0 Å². The summed E-state index contributed by atoms with van der Waals surface area (Å²) >= 11 is 0. The molecule has 84 heavy (non-hydrogen) atoms. The predicted octanol–water partition coefficient (Wildman–Crippen LogP) is 22.3. The van der Waals surface area contributed by atoms with Crippen LogP contribution in [0.25, 0.3) is 0 Å². The summed E-state index contributed by atoms with van der Waals surface area (Å²) in [7, 11) is 1.47. The summed E-state index contributed by atoms with van der Waals surface area (Å²) in [6.07, 6.45) is 91.5. The molecule has 0 aromatic rings. The third-order valence-electron chi connectivity index (χ3n) is 14.5. The van der Waals surface area contributed by atoms with Crippen molar-refractivity contribution in [3.05, 3.63) is 122 Å². The van der Waals surface area contributed by atoms with Gasteiger partial charge in [-0.1, -0.05) is 283 Å². The van der Waals surface area contributed by atoms with Gasteiger partial charge in [0.05, 0.1) is 27.7 Å². The van der Waals surface area contributed by atoms with Gasteiger partial charge in [0.25, 0.3) is 0 Å². The summed E-state index contributed by atoms with van der Waals surface area (Å²) < 4.78 is 34.7. The van der Waals surface area contributed by atoms with Crippen LogP contribution in [0, 0.1) is 0 Å². The number of unbranched alkanes of at least 4 members (excludes halogenated alkanes) is 28. The zero-order valence-electron chi connectivity index (χ0n) is 54.9. The Hall–Kier alpha value is -3.59. The number of carbonyl (C=O) groups excluding carboxylic acids is 2. The normalized spacial score (nSPS) is 13.9. The molecule has 482 valence electrons.